The number of halogens is 2. The van der Waals surface area contributed by atoms with Crippen molar-refractivity contribution in [3.05, 3.63) is 121 Å². The van der Waals surface area contributed by atoms with Gasteiger partial charge in [0.1, 0.15) is 21.4 Å². The number of benzene rings is 5. The van der Waals surface area contributed by atoms with Crippen molar-refractivity contribution in [3.63, 3.8) is 0 Å². The van der Waals surface area contributed by atoms with E-state index in [-0.39, 0.29) is 16.7 Å². The van der Waals surface area contributed by atoms with Gasteiger partial charge in [-0.1, -0.05) is 12.1 Å². The summed E-state index contributed by atoms with van der Waals surface area (Å²) >= 11 is 0. The molecule has 0 aliphatic carbocycles. The van der Waals surface area contributed by atoms with E-state index >= 15 is 0 Å². The van der Waals surface area contributed by atoms with Gasteiger partial charge < -0.3 is 0 Å². The normalized spacial score (nSPS) is 12.7. The van der Waals surface area contributed by atoms with E-state index in [0.717, 1.165) is 84.9 Å². The quantitative estimate of drug-likeness (QED) is 0.126. The molecule has 0 spiro atoms. The Balaban J connectivity index is 1.60. The van der Waals surface area contributed by atoms with Crippen molar-refractivity contribution < 1.29 is 64.5 Å². The third kappa shape index (κ3) is 8.10. The van der Waals surface area contributed by atoms with Gasteiger partial charge in [-0.25, -0.2) is 40.6 Å². The average Bonchev–Trinajstić information content (AvgIpc) is 3.13. The van der Waals surface area contributed by atoms with Gasteiger partial charge in [-0.05, 0) is 97.1 Å². The van der Waals surface area contributed by atoms with E-state index in [0.29, 0.717) is 12.1 Å². The average molecular weight is 866 g/mol. The number of rotatable bonds is 10. The molecule has 0 bridgehead atoms. The Morgan fingerprint density at radius 2 is 0.732 bits per heavy atom. The number of nitrogens with zero attached hydrogens (tertiary/aromatic N) is 3. The van der Waals surface area contributed by atoms with Gasteiger partial charge in [-0.2, -0.15) is 25.3 Å². The maximum atomic E-state index is 13.5. The molecule has 6 rings (SSSR count). The molecule has 0 saturated carbocycles. The maximum Gasteiger partial charge on any atom is 0.295 e. The lowest BCUT2D eigenvalue weighted by Crippen LogP contribution is -2.11. The Morgan fingerprint density at radius 3 is 1.07 bits per heavy atom. The molecule has 0 saturated heterocycles. The fraction of sp³-hybridized carbons (Fsp3) is 0. The first-order chi connectivity index (χ1) is 26.0. The Hall–Kier alpha value is -5.40. The monoisotopic (exact) mass is 865 g/mol. The Bertz CT molecular complexity index is 2980. The van der Waals surface area contributed by atoms with Crippen LogP contribution in [0.4, 0.5) is 8.78 Å². The van der Waals surface area contributed by atoms with Crippen molar-refractivity contribution in [1.82, 2.24) is 15.0 Å². The molecule has 1 heterocycles. The molecule has 23 heteroatoms. The largest absolute Gasteiger partial charge is 0.295 e. The highest BCUT2D eigenvalue weighted by molar-refractivity contribution is 7.93. The highest BCUT2D eigenvalue weighted by Crippen LogP contribution is 2.35. The number of aromatic nitrogens is 3. The first-order valence-electron chi connectivity index (χ1n) is 15.1. The number of hydrogen-bond acceptors (Lipinski definition) is 13. The van der Waals surface area contributed by atoms with Gasteiger partial charge in [0.15, 0.2) is 17.5 Å². The molecular formula is C33H21F2N3O13S5. The Labute approximate surface area is 317 Å². The van der Waals surface area contributed by atoms with Crippen LogP contribution in [0.2, 0.25) is 0 Å². The van der Waals surface area contributed by atoms with E-state index in [4.69, 9.17) is 0 Å². The van der Waals surface area contributed by atoms with Gasteiger partial charge in [-0.3, -0.25) is 13.7 Å². The molecule has 5 aromatic carbocycles. The summed E-state index contributed by atoms with van der Waals surface area (Å²) in [4.78, 5) is 6.69. The van der Waals surface area contributed by atoms with Gasteiger partial charge in [0.2, 0.25) is 19.7 Å². The molecule has 6 aromatic rings. The summed E-state index contributed by atoms with van der Waals surface area (Å²) in [5.41, 5.74) is -0.810. The van der Waals surface area contributed by atoms with Crippen molar-refractivity contribution in [2.75, 3.05) is 0 Å². The van der Waals surface area contributed by atoms with E-state index in [2.05, 4.69) is 15.0 Å². The van der Waals surface area contributed by atoms with Crippen molar-refractivity contribution in [1.29, 1.82) is 0 Å². The summed E-state index contributed by atoms with van der Waals surface area (Å²) in [7, 11) is -25.0. The van der Waals surface area contributed by atoms with Crippen LogP contribution in [0.5, 0.6) is 0 Å². The second-order valence-corrected chi connectivity index (χ2v) is 19.5. The highest BCUT2D eigenvalue weighted by atomic mass is 32.2. The summed E-state index contributed by atoms with van der Waals surface area (Å²) in [6.45, 7) is 0. The topological polar surface area (TPSA) is 270 Å². The molecule has 3 N–H and O–H groups in total. The van der Waals surface area contributed by atoms with Crippen LogP contribution < -0.4 is 0 Å². The summed E-state index contributed by atoms with van der Waals surface area (Å²) in [5.74, 6) is -3.07. The second-order valence-electron chi connectivity index (χ2n) is 11.5. The second kappa shape index (κ2) is 14.3. The van der Waals surface area contributed by atoms with Crippen LogP contribution in [0, 0.1) is 11.6 Å². The zero-order valence-corrected chi connectivity index (χ0v) is 31.5. The van der Waals surface area contributed by atoms with Crippen LogP contribution in [-0.4, -0.2) is 70.7 Å². The summed E-state index contributed by atoms with van der Waals surface area (Å²) in [6.07, 6.45) is 0. The van der Waals surface area contributed by atoms with E-state index in [1.807, 2.05) is 0 Å². The molecular weight excluding hydrogens is 845 g/mol. The van der Waals surface area contributed by atoms with Gasteiger partial charge in [0.05, 0.1) is 24.5 Å². The first-order valence-corrected chi connectivity index (χ1v) is 22.3. The zero-order valence-electron chi connectivity index (χ0n) is 27.5. The van der Waals surface area contributed by atoms with Crippen molar-refractivity contribution in [2.45, 2.75) is 34.3 Å². The van der Waals surface area contributed by atoms with Gasteiger partial charge in [0.25, 0.3) is 30.4 Å². The lowest BCUT2D eigenvalue weighted by atomic mass is 10.1. The molecule has 0 amide bonds. The lowest BCUT2D eigenvalue weighted by molar-refractivity contribution is 0.478. The van der Waals surface area contributed by atoms with Crippen LogP contribution in [0.3, 0.4) is 0 Å². The van der Waals surface area contributed by atoms with E-state index in [1.54, 1.807) is 0 Å². The van der Waals surface area contributed by atoms with Crippen LogP contribution in [-0.2, 0) is 50.0 Å². The summed E-state index contributed by atoms with van der Waals surface area (Å²) < 4.78 is 185. The summed E-state index contributed by atoms with van der Waals surface area (Å²) in [6, 6.07) is 15.9. The van der Waals surface area contributed by atoms with E-state index in [1.165, 1.54) is 12.1 Å². The molecule has 1 aromatic heterocycles. The van der Waals surface area contributed by atoms with Gasteiger partial charge in [-0.15, -0.1) is 0 Å². The third-order valence-electron chi connectivity index (χ3n) is 7.81. The van der Waals surface area contributed by atoms with Crippen molar-refractivity contribution >= 4 is 50.0 Å². The van der Waals surface area contributed by atoms with E-state index < -0.39 is 113 Å². The first kappa shape index (κ1) is 40.3. The summed E-state index contributed by atoms with van der Waals surface area (Å²) in [5, 5.41) is 0. The van der Waals surface area contributed by atoms with Crippen molar-refractivity contribution in [3.8, 4) is 34.2 Å². The zero-order chi connectivity index (χ0) is 41.0. The number of sulfone groups is 2. The van der Waals surface area contributed by atoms with Crippen LogP contribution in [0.25, 0.3) is 34.2 Å². The van der Waals surface area contributed by atoms with Crippen molar-refractivity contribution in [2.24, 2.45) is 0 Å². The molecule has 0 radical (unpaired) electrons. The van der Waals surface area contributed by atoms with Gasteiger partial charge in [0, 0.05) is 16.7 Å². The predicted octanol–water partition coefficient (Wildman–Crippen LogP) is 4.56. The molecule has 290 valence electrons. The minimum Gasteiger partial charge on any atom is -0.282 e. The number of hydrogen-bond donors (Lipinski definition) is 3. The molecule has 0 unspecified atom stereocenters. The maximum absolute atomic E-state index is 13.5. The SMILES string of the molecule is O=S(=O)(O)c1cccc(-c2nc(-c3ccc(S(=O)(=O)c4ccc(F)cc4)c(S(=O)(=O)O)c3)nc(-c3ccc(S(=O)(=O)c4ccc(F)cc4)c(S(=O)(=O)O)c3)n2)c1. The van der Waals surface area contributed by atoms with Gasteiger partial charge >= 0.3 is 0 Å². The minimum atomic E-state index is -5.37. The predicted molar refractivity (Wildman–Crippen MR) is 189 cm³/mol. The molecule has 16 nitrogen and oxygen atoms in total. The minimum absolute atomic E-state index is 0.138. The molecule has 0 atom stereocenters. The Morgan fingerprint density at radius 1 is 0.375 bits per heavy atom. The standard InChI is InChI=1S/C33H21F2N3O13S5/c34-22-6-10-24(11-7-22)52(39,40)27-14-4-20(17-29(27)55(46,47)48)32-36-31(19-2-1-3-26(16-19)54(43,44)45)37-33(38-32)21-5-15-28(30(18-21)56(49,50)51)53(41,42)25-12-8-23(35)9-13-25/h1-18H,(H,43,44,45)(H,46,47,48)(H,49,50,51). The smallest absolute Gasteiger partial charge is 0.282 e. The fourth-order valence-electron chi connectivity index (χ4n) is 5.18. The molecule has 0 aliphatic heterocycles. The van der Waals surface area contributed by atoms with Crippen LogP contribution >= 0.6 is 0 Å². The molecule has 0 fully saturated rings. The Kier molecular flexibility index (Phi) is 10.3. The fourth-order valence-corrected chi connectivity index (χ4v) is 10.8. The highest BCUT2D eigenvalue weighted by Gasteiger charge is 2.30. The lowest BCUT2D eigenvalue weighted by Gasteiger charge is -2.13. The molecule has 56 heavy (non-hydrogen) atoms. The third-order valence-corrected chi connectivity index (χ3v) is 14.4. The van der Waals surface area contributed by atoms with E-state index in [9.17, 15) is 64.5 Å². The van der Waals surface area contributed by atoms with Crippen LogP contribution in [0.1, 0.15) is 0 Å². The molecule has 0 aliphatic rings. The van der Waals surface area contributed by atoms with Crippen LogP contribution in [0.15, 0.2) is 143 Å².